The summed E-state index contributed by atoms with van der Waals surface area (Å²) in [5.74, 6) is 3.15. The SMILES string of the molecule is C#CCN(CC1CC1)S(=O)(=O)c1c(C)noc1C. The molecule has 0 spiro atoms. The summed E-state index contributed by atoms with van der Waals surface area (Å²) < 4.78 is 31.3. The van der Waals surface area contributed by atoms with Gasteiger partial charge in [-0.15, -0.1) is 6.42 Å². The van der Waals surface area contributed by atoms with Crippen LogP contribution in [0.2, 0.25) is 0 Å². The van der Waals surface area contributed by atoms with Gasteiger partial charge in [-0.1, -0.05) is 11.1 Å². The topological polar surface area (TPSA) is 63.4 Å². The first-order valence-electron chi connectivity index (χ1n) is 5.83. The Morgan fingerprint density at radius 1 is 1.50 bits per heavy atom. The van der Waals surface area contributed by atoms with Crippen LogP contribution < -0.4 is 0 Å². The summed E-state index contributed by atoms with van der Waals surface area (Å²) in [6, 6.07) is 0. The van der Waals surface area contributed by atoms with Gasteiger partial charge in [0.25, 0.3) is 0 Å². The number of hydrogen-bond donors (Lipinski definition) is 0. The first-order valence-corrected chi connectivity index (χ1v) is 7.27. The molecule has 0 amide bonds. The van der Waals surface area contributed by atoms with E-state index in [9.17, 15) is 8.42 Å². The van der Waals surface area contributed by atoms with Gasteiger partial charge in [0, 0.05) is 6.54 Å². The van der Waals surface area contributed by atoms with Gasteiger partial charge in [0.15, 0.2) is 5.76 Å². The Balaban J connectivity index is 2.35. The number of sulfonamides is 1. The molecular weight excluding hydrogens is 252 g/mol. The van der Waals surface area contributed by atoms with Gasteiger partial charge in [-0.2, -0.15) is 4.31 Å². The molecule has 1 aliphatic carbocycles. The van der Waals surface area contributed by atoms with Gasteiger partial charge < -0.3 is 4.52 Å². The van der Waals surface area contributed by atoms with Crippen molar-refractivity contribution in [2.75, 3.05) is 13.1 Å². The normalized spacial score (nSPS) is 15.9. The monoisotopic (exact) mass is 268 g/mol. The lowest BCUT2D eigenvalue weighted by Crippen LogP contribution is -2.33. The summed E-state index contributed by atoms with van der Waals surface area (Å²) in [7, 11) is -3.60. The Morgan fingerprint density at radius 3 is 2.61 bits per heavy atom. The van der Waals surface area contributed by atoms with Crippen LogP contribution in [0.25, 0.3) is 0 Å². The molecule has 0 aliphatic heterocycles. The molecule has 2 rings (SSSR count). The number of hydrogen-bond acceptors (Lipinski definition) is 4. The fourth-order valence-corrected chi connectivity index (χ4v) is 3.63. The average Bonchev–Trinajstić information content (AvgIpc) is 3.03. The molecule has 0 unspecified atom stereocenters. The van der Waals surface area contributed by atoms with E-state index < -0.39 is 10.0 Å². The third-order valence-electron chi connectivity index (χ3n) is 2.99. The maximum Gasteiger partial charge on any atom is 0.249 e. The zero-order valence-corrected chi connectivity index (χ0v) is 11.3. The predicted molar refractivity (Wildman–Crippen MR) is 66.3 cm³/mol. The molecule has 0 atom stereocenters. The van der Waals surface area contributed by atoms with E-state index in [0.717, 1.165) is 12.8 Å². The minimum Gasteiger partial charge on any atom is -0.360 e. The van der Waals surface area contributed by atoms with E-state index in [4.69, 9.17) is 10.9 Å². The standard InChI is InChI=1S/C12H16N2O3S/c1-4-7-14(8-11-5-6-11)18(15,16)12-9(2)13-17-10(12)3/h1,11H,5-8H2,2-3H3. The lowest BCUT2D eigenvalue weighted by Gasteiger charge is -2.19. The summed E-state index contributed by atoms with van der Waals surface area (Å²) in [6.07, 6.45) is 7.39. The predicted octanol–water partition coefficient (Wildman–Crippen LogP) is 1.33. The average molecular weight is 268 g/mol. The number of aromatic nitrogens is 1. The Hall–Kier alpha value is -1.32. The van der Waals surface area contributed by atoms with Crippen molar-refractivity contribution in [3.05, 3.63) is 11.5 Å². The molecule has 1 aromatic heterocycles. The maximum atomic E-state index is 12.5. The lowest BCUT2D eigenvalue weighted by atomic mass is 10.4. The Morgan fingerprint density at radius 2 is 2.17 bits per heavy atom. The summed E-state index contributed by atoms with van der Waals surface area (Å²) >= 11 is 0. The molecule has 18 heavy (non-hydrogen) atoms. The van der Waals surface area contributed by atoms with E-state index in [1.54, 1.807) is 13.8 Å². The van der Waals surface area contributed by atoms with Crippen LogP contribution in [0.1, 0.15) is 24.3 Å². The van der Waals surface area contributed by atoms with Gasteiger partial charge in [0.2, 0.25) is 10.0 Å². The van der Waals surface area contributed by atoms with E-state index in [1.165, 1.54) is 4.31 Å². The van der Waals surface area contributed by atoms with Crippen LogP contribution in [0.4, 0.5) is 0 Å². The van der Waals surface area contributed by atoms with E-state index in [-0.39, 0.29) is 11.4 Å². The molecule has 1 aliphatic rings. The van der Waals surface area contributed by atoms with Crippen molar-refractivity contribution in [1.29, 1.82) is 0 Å². The first kappa shape index (κ1) is 13.1. The molecule has 0 N–H and O–H groups in total. The quantitative estimate of drug-likeness (QED) is 0.756. The third-order valence-corrected chi connectivity index (χ3v) is 5.05. The fraction of sp³-hybridized carbons (Fsp3) is 0.583. The second-order valence-corrected chi connectivity index (χ2v) is 6.47. The summed E-state index contributed by atoms with van der Waals surface area (Å²) in [5.41, 5.74) is 0.380. The molecular formula is C12H16N2O3S. The Kier molecular flexibility index (Phi) is 3.46. The van der Waals surface area contributed by atoms with Crippen LogP contribution in [0.3, 0.4) is 0 Å². The van der Waals surface area contributed by atoms with Crippen LogP contribution in [-0.2, 0) is 10.0 Å². The Labute approximate surface area is 107 Å². The molecule has 1 saturated carbocycles. The van der Waals surface area contributed by atoms with Crippen molar-refractivity contribution >= 4 is 10.0 Å². The maximum absolute atomic E-state index is 12.5. The number of rotatable bonds is 5. The van der Waals surface area contributed by atoms with E-state index in [1.807, 2.05) is 0 Å². The molecule has 98 valence electrons. The third kappa shape index (κ3) is 2.42. The van der Waals surface area contributed by atoms with Gasteiger partial charge in [-0.25, -0.2) is 8.42 Å². The second-order valence-electron chi connectivity index (χ2n) is 4.60. The molecule has 6 heteroatoms. The molecule has 1 aromatic rings. The van der Waals surface area contributed by atoms with Crippen molar-refractivity contribution in [1.82, 2.24) is 9.46 Å². The van der Waals surface area contributed by atoms with E-state index in [0.29, 0.717) is 23.9 Å². The van der Waals surface area contributed by atoms with Gasteiger partial charge >= 0.3 is 0 Å². The number of terminal acetylenes is 1. The molecule has 0 saturated heterocycles. The highest BCUT2D eigenvalue weighted by molar-refractivity contribution is 7.89. The number of aryl methyl sites for hydroxylation is 2. The van der Waals surface area contributed by atoms with Crippen LogP contribution in [0, 0.1) is 32.1 Å². The molecule has 0 bridgehead atoms. The number of nitrogens with zero attached hydrogens (tertiary/aromatic N) is 2. The molecule has 1 heterocycles. The molecule has 0 aromatic carbocycles. The first-order chi connectivity index (χ1) is 8.46. The van der Waals surface area contributed by atoms with Gasteiger partial charge in [0.05, 0.1) is 6.54 Å². The molecule has 0 radical (unpaired) electrons. The fourth-order valence-electron chi connectivity index (χ4n) is 1.91. The second kappa shape index (κ2) is 4.75. The highest BCUT2D eigenvalue weighted by Gasteiger charge is 2.34. The lowest BCUT2D eigenvalue weighted by molar-refractivity contribution is 0.388. The minimum atomic E-state index is -3.60. The minimum absolute atomic E-state index is 0.0862. The van der Waals surface area contributed by atoms with Gasteiger partial charge in [-0.05, 0) is 32.6 Å². The summed E-state index contributed by atoms with van der Waals surface area (Å²) in [4.78, 5) is 0.151. The van der Waals surface area contributed by atoms with Crippen molar-refractivity contribution in [2.45, 2.75) is 31.6 Å². The van der Waals surface area contributed by atoms with E-state index >= 15 is 0 Å². The van der Waals surface area contributed by atoms with Crippen molar-refractivity contribution in [2.24, 2.45) is 5.92 Å². The van der Waals surface area contributed by atoms with Crippen LogP contribution in [0.15, 0.2) is 9.42 Å². The summed E-state index contributed by atoms with van der Waals surface area (Å²) in [5, 5.41) is 3.69. The Bertz CT molecular complexity index is 559. The highest BCUT2D eigenvalue weighted by Crippen LogP contribution is 2.32. The molecule has 1 fully saturated rings. The van der Waals surface area contributed by atoms with Crippen LogP contribution in [0.5, 0.6) is 0 Å². The van der Waals surface area contributed by atoms with Crippen LogP contribution in [-0.4, -0.2) is 31.0 Å². The zero-order valence-electron chi connectivity index (χ0n) is 10.5. The van der Waals surface area contributed by atoms with Gasteiger partial charge in [-0.3, -0.25) is 0 Å². The van der Waals surface area contributed by atoms with Crippen molar-refractivity contribution < 1.29 is 12.9 Å². The van der Waals surface area contributed by atoms with Crippen molar-refractivity contribution in [3.8, 4) is 12.3 Å². The summed E-state index contributed by atoms with van der Waals surface area (Å²) in [6.45, 7) is 3.78. The highest BCUT2D eigenvalue weighted by atomic mass is 32.2. The molecule has 5 nitrogen and oxygen atoms in total. The zero-order chi connectivity index (χ0) is 13.3. The largest absolute Gasteiger partial charge is 0.360 e. The van der Waals surface area contributed by atoms with Crippen LogP contribution >= 0.6 is 0 Å². The smallest absolute Gasteiger partial charge is 0.249 e. The van der Waals surface area contributed by atoms with Gasteiger partial charge in [0.1, 0.15) is 10.6 Å². The van der Waals surface area contributed by atoms with E-state index in [2.05, 4.69) is 11.1 Å². The van der Waals surface area contributed by atoms with Crippen molar-refractivity contribution in [3.63, 3.8) is 0 Å².